The lowest BCUT2D eigenvalue weighted by Crippen LogP contribution is -2.15. The first-order chi connectivity index (χ1) is 26.3. The van der Waals surface area contributed by atoms with Crippen LogP contribution in [-0.2, 0) is 0 Å². The van der Waals surface area contributed by atoms with Crippen molar-refractivity contribution in [3.63, 3.8) is 0 Å². The highest BCUT2D eigenvalue weighted by molar-refractivity contribution is 6.22. The van der Waals surface area contributed by atoms with E-state index in [2.05, 4.69) is 194 Å². The van der Waals surface area contributed by atoms with Gasteiger partial charge in [0.15, 0.2) is 0 Å². The van der Waals surface area contributed by atoms with Gasteiger partial charge in [-0.25, -0.2) is 0 Å². The van der Waals surface area contributed by atoms with E-state index in [4.69, 9.17) is 4.74 Å². The summed E-state index contributed by atoms with van der Waals surface area (Å²) in [5, 5.41) is 9.98. The Morgan fingerprint density at radius 2 is 0.962 bits per heavy atom. The average molecular weight is 675 g/mol. The van der Waals surface area contributed by atoms with E-state index in [1.807, 2.05) is 0 Å². The second-order valence-electron chi connectivity index (χ2n) is 14.3. The van der Waals surface area contributed by atoms with Crippen LogP contribution >= 0.6 is 0 Å². The maximum atomic E-state index is 6.64. The first kappa shape index (κ1) is 30.0. The van der Waals surface area contributed by atoms with E-state index in [-0.39, 0.29) is 12.0 Å². The second-order valence-corrected chi connectivity index (χ2v) is 14.3. The maximum Gasteiger partial charge on any atom is 0.132 e. The van der Waals surface area contributed by atoms with Crippen LogP contribution in [0.15, 0.2) is 194 Å². The minimum Gasteiger partial charge on any atom is -0.484 e. The highest BCUT2D eigenvalue weighted by Gasteiger charge is 2.33. The summed E-state index contributed by atoms with van der Waals surface area (Å²) in [6.07, 6.45) is 8.71. The van der Waals surface area contributed by atoms with E-state index < -0.39 is 0 Å². The molecule has 0 spiro atoms. The van der Waals surface area contributed by atoms with Gasteiger partial charge >= 0.3 is 0 Å². The highest BCUT2D eigenvalue weighted by atomic mass is 16.5. The Balaban J connectivity index is 1.19. The first-order valence-electron chi connectivity index (χ1n) is 18.5. The van der Waals surface area contributed by atoms with Gasteiger partial charge in [0.05, 0.1) is 0 Å². The van der Waals surface area contributed by atoms with Gasteiger partial charge in [0, 0.05) is 17.0 Å². The third-order valence-electron chi connectivity index (χ3n) is 11.4. The average Bonchev–Trinajstić information content (AvgIpc) is 3.61. The van der Waals surface area contributed by atoms with E-state index in [0.29, 0.717) is 0 Å². The second kappa shape index (κ2) is 11.9. The highest BCUT2D eigenvalue weighted by Crippen LogP contribution is 2.49. The fraction of sp³-hybridized carbons (Fsp3) is 0.0385. The summed E-state index contributed by atoms with van der Waals surface area (Å²) >= 11 is 0. The maximum absolute atomic E-state index is 6.64. The van der Waals surface area contributed by atoms with Crippen LogP contribution in [0, 0.1) is 0 Å². The van der Waals surface area contributed by atoms with Crippen LogP contribution in [-0.4, -0.2) is 6.10 Å². The summed E-state index contributed by atoms with van der Waals surface area (Å²) < 4.78 is 6.64. The van der Waals surface area contributed by atoms with Crippen LogP contribution in [0.5, 0.6) is 5.75 Å². The van der Waals surface area contributed by atoms with Crippen LogP contribution in [0.4, 0.5) is 0 Å². The SMILES string of the molecule is C1=CC2Oc3c(-c4cccc(-c5c6ccccc6c(-c6ccc7ccccc7c6)c6ccc(-c7cccc8ccccc78)cc56)c4)cccc3C2C=C1. The van der Waals surface area contributed by atoms with Crippen LogP contribution in [0.3, 0.4) is 0 Å². The lowest BCUT2D eigenvalue weighted by atomic mass is 9.83. The minimum atomic E-state index is 0.0439. The molecular formula is C52H34O. The number of benzene rings is 9. The third kappa shape index (κ3) is 4.78. The van der Waals surface area contributed by atoms with Crippen LogP contribution < -0.4 is 4.74 Å². The number of hydrogen-bond acceptors (Lipinski definition) is 1. The van der Waals surface area contributed by atoms with Crippen LogP contribution in [0.1, 0.15) is 11.5 Å². The molecule has 2 unspecified atom stereocenters. The predicted molar refractivity (Wildman–Crippen MR) is 224 cm³/mol. The normalized spacial score (nSPS) is 15.9. The Bertz CT molecular complexity index is 2990. The van der Waals surface area contributed by atoms with Crippen LogP contribution in [0.2, 0.25) is 0 Å². The molecule has 11 rings (SSSR count). The molecule has 1 heteroatoms. The molecule has 1 heterocycles. The van der Waals surface area contributed by atoms with Crippen molar-refractivity contribution in [3.05, 3.63) is 200 Å². The van der Waals surface area contributed by atoms with Crippen molar-refractivity contribution in [3.8, 4) is 50.3 Å². The molecule has 2 atom stereocenters. The topological polar surface area (TPSA) is 9.23 Å². The van der Waals surface area contributed by atoms with Gasteiger partial charge in [-0.3, -0.25) is 0 Å². The Morgan fingerprint density at radius 3 is 1.85 bits per heavy atom. The molecule has 9 aromatic carbocycles. The van der Waals surface area contributed by atoms with Gasteiger partial charge < -0.3 is 4.74 Å². The molecule has 2 aliphatic rings. The van der Waals surface area contributed by atoms with Crippen molar-refractivity contribution >= 4 is 43.1 Å². The standard InChI is InChI=1S/C52H34O/c1-2-14-35-30-39(27-26-33(35)12-1)50-44-20-5-6-21-45(44)51(48-32-37(28-29-46(48)50)41-22-10-15-34-13-3-4-18-40(34)41)38-17-9-16-36(31-38)42-23-11-24-47-43-19-7-8-25-49(43)53-52(42)47/h1-32,43,49H. The van der Waals surface area contributed by atoms with Gasteiger partial charge in [0.25, 0.3) is 0 Å². The lowest BCUT2D eigenvalue weighted by Gasteiger charge is -2.20. The van der Waals surface area contributed by atoms with Gasteiger partial charge in [-0.1, -0.05) is 170 Å². The van der Waals surface area contributed by atoms with Crippen molar-refractivity contribution in [2.24, 2.45) is 0 Å². The van der Waals surface area contributed by atoms with E-state index in [0.717, 1.165) is 16.9 Å². The zero-order chi connectivity index (χ0) is 34.9. The zero-order valence-corrected chi connectivity index (χ0v) is 29.0. The smallest absolute Gasteiger partial charge is 0.132 e. The number of rotatable bonds is 4. The molecule has 53 heavy (non-hydrogen) atoms. The van der Waals surface area contributed by atoms with Crippen molar-refractivity contribution in [1.82, 2.24) is 0 Å². The zero-order valence-electron chi connectivity index (χ0n) is 29.0. The number of fused-ring (bicyclic) bond motifs is 7. The minimum absolute atomic E-state index is 0.0439. The van der Waals surface area contributed by atoms with Gasteiger partial charge in [0.1, 0.15) is 11.9 Å². The molecule has 0 radical (unpaired) electrons. The summed E-state index contributed by atoms with van der Waals surface area (Å²) in [7, 11) is 0. The van der Waals surface area contributed by atoms with Gasteiger partial charge in [-0.15, -0.1) is 0 Å². The number of hydrogen-bond donors (Lipinski definition) is 0. The number of allylic oxidation sites excluding steroid dienone is 2. The molecule has 0 amide bonds. The lowest BCUT2D eigenvalue weighted by molar-refractivity contribution is 0.270. The largest absolute Gasteiger partial charge is 0.484 e. The summed E-state index contributed by atoms with van der Waals surface area (Å²) in [6, 6.07) is 62.6. The molecular weight excluding hydrogens is 641 g/mol. The fourth-order valence-electron chi connectivity index (χ4n) is 8.92. The molecule has 0 aromatic heterocycles. The summed E-state index contributed by atoms with van der Waals surface area (Å²) in [5.41, 5.74) is 10.9. The molecule has 248 valence electrons. The predicted octanol–water partition coefficient (Wildman–Crippen LogP) is 13.9. The van der Waals surface area contributed by atoms with Gasteiger partial charge in [-0.2, -0.15) is 0 Å². The van der Waals surface area contributed by atoms with E-state index in [1.165, 1.54) is 82.0 Å². The molecule has 0 saturated heterocycles. The summed E-state index contributed by atoms with van der Waals surface area (Å²) in [5.74, 6) is 1.25. The molecule has 0 fully saturated rings. The molecule has 0 bridgehead atoms. The monoisotopic (exact) mass is 674 g/mol. The molecule has 0 saturated carbocycles. The summed E-state index contributed by atoms with van der Waals surface area (Å²) in [6.45, 7) is 0. The molecule has 1 nitrogen and oxygen atoms in total. The first-order valence-corrected chi connectivity index (χ1v) is 18.5. The Hall–Kier alpha value is -6.70. The van der Waals surface area contributed by atoms with Crippen molar-refractivity contribution in [1.29, 1.82) is 0 Å². The fourth-order valence-corrected chi connectivity index (χ4v) is 8.92. The van der Waals surface area contributed by atoms with E-state index >= 15 is 0 Å². The van der Waals surface area contributed by atoms with Gasteiger partial charge in [-0.05, 0) is 106 Å². The van der Waals surface area contributed by atoms with Crippen LogP contribution in [0.25, 0.3) is 87.6 Å². The molecule has 0 N–H and O–H groups in total. The van der Waals surface area contributed by atoms with E-state index in [1.54, 1.807) is 0 Å². The Morgan fingerprint density at radius 1 is 0.358 bits per heavy atom. The molecule has 1 aliphatic carbocycles. The van der Waals surface area contributed by atoms with Crippen molar-refractivity contribution in [2.45, 2.75) is 12.0 Å². The number of para-hydroxylation sites is 1. The van der Waals surface area contributed by atoms with E-state index in [9.17, 15) is 0 Å². The summed E-state index contributed by atoms with van der Waals surface area (Å²) in [4.78, 5) is 0. The Labute approximate surface area is 308 Å². The Kier molecular flexibility index (Phi) is 6.75. The van der Waals surface area contributed by atoms with Crippen molar-refractivity contribution in [2.75, 3.05) is 0 Å². The quantitative estimate of drug-likeness (QED) is 0.169. The third-order valence-corrected chi connectivity index (χ3v) is 11.4. The molecule has 1 aliphatic heterocycles. The molecule has 9 aromatic rings. The number of ether oxygens (including phenoxy) is 1. The van der Waals surface area contributed by atoms with Gasteiger partial charge in [0.2, 0.25) is 0 Å². The van der Waals surface area contributed by atoms with Crippen molar-refractivity contribution < 1.29 is 4.74 Å².